The van der Waals surface area contributed by atoms with Crippen LogP contribution in [0, 0.1) is 6.92 Å². The summed E-state index contributed by atoms with van der Waals surface area (Å²) in [6, 6.07) is 16.4. The fraction of sp³-hybridized carbons (Fsp3) is 0.250. The van der Waals surface area contributed by atoms with Crippen molar-refractivity contribution >= 4 is 33.1 Å². The Morgan fingerprint density at radius 1 is 1.21 bits per heavy atom. The standard InChI is InChI=1S/C20H21BrN2O/c1-15-7-8-19(18(21)13-15)22-20(24)14-23-11-9-17(10-12-23)16-5-3-2-4-6-16/h2-9,13H,10-12,14H2,1H3,(H,22,24)/p+1. The second-order valence-corrected chi connectivity index (χ2v) is 7.11. The second-order valence-electron chi connectivity index (χ2n) is 6.26. The van der Waals surface area contributed by atoms with E-state index >= 15 is 0 Å². The Hall–Kier alpha value is -1.91. The molecular formula is C20H22BrN2O+. The van der Waals surface area contributed by atoms with Crippen LogP contribution in [0.5, 0.6) is 0 Å². The second kappa shape index (κ2) is 7.77. The van der Waals surface area contributed by atoms with E-state index < -0.39 is 0 Å². The van der Waals surface area contributed by atoms with Crippen molar-refractivity contribution in [2.75, 3.05) is 25.0 Å². The van der Waals surface area contributed by atoms with E-state index in [-0.39, 0.29) is 5.91 Å². The zero-order chi connectivity index (χ0) is 16.9. The van der Waals surface area contributed by atoms with Gasteiger partial charge in [0.25, 0.3) is 5.91 Å². The predicted octanol–water partition coefficient (Wildman–Crippen LogP) is 3.07. The number of hydrogen-bond donors (Lipinski definition) is 2. The van der Waals surface area contributed by atoms with Crippen molar-refractivity contribution in [3.05, 3.63) is 70.2 Å². The first-order chi connectivity index (χ1) is 11.6. The maximum atomic E-state index is 12.3. The summed E-state index contributed by atoms with van der Waals surface area (Å²) in [5.41, 5.74) is 4.69. The molecule has 3 nitrogen and oxygen atoms in total. The molecule has 1 heterocycles. The molecule has 2 N–H and O–H groups in total. The lowest BCUT2D eigenvalue weighted by Crippen LogP contribution is -3.13. The number of quaternary nitrogens is 1. The van der Waals surface area contributed by atoms with Crippen LogP contribution in [0.4, 0.5) is 5.69 Å². The fourth-order valence-electron chi connectivity index (χ4n) is 3.00. The molecule has 0 spiro atoms. The number of halogens is 1. The molecule has 2 aromatic carbocycles. The number of carbonyl (C=O) groups is 1. The molecule has 0 saturated carbocycles. The Morgan fingerprint density at radius 2 is 2.00 bits per heavy atom. The summed E-state index contributed by atoms with van der Waals surface area (Å²) in [5.74, 6) is 0.0612. The van der Waals surface area contributed by atoms with E-state index in [1.807, 2.05) is 31.2 Å². The minimum Gasteiger partial charge on any atom is -0.324 e. The number of carbonyl (C=O) groups excluding carboxylic acids is 1. The molecule has 4 heteroatoms. The molecule has 2 aromatic rings. The van der Waals surface area contributed by atoms with Crippen LogP contribution < -0.4 is 10.2 Å². The Labute approximate surface area is 151 Å². The highest BCUT2D eigenvalue weighted by molar-refractivity contribution is 9.10. The molecule has 0 bridgehead atoms. The summed E-state index contributed by atoms with van der Waals surface area (Å²) < 4.78 is 0.927. The van der Waals surface area contributed by atoms with Crippen molar-refractivity contribution in [2.45, 2.75) is 13.3 Å². The van der Waals surface area contributed by atoms with Gasteiger partial charge in [-0.15, -0.1) is 0 Å². The number of amides is 1. The van der Waals surface area contributed by atoms with Crippen molar-refractivity contribution in [1.29, 1.82) is 0 Å². The first kappa shape index (κ1) is 16.9. The molecule has 0 aliphatic carbocycles. The van der Waals surface area contributed by atoms with Gasteiger partial charge in [-0.05, 0) is 57.8 Å². The summed E-state index contributed by atoms with van der Waals surface area (Å²) in [6.07, 6.45) is 3.28. The third kappa shape index (κ3) is 4.34. The molecular weight excluding hydrogens is 364 g/mol. The van der Waals surface area contributed by atoms with Crippen LogP contribution in [0.1, 0.15) is 17.5 Å². The van der Waals surface area contributed by atoms with Crippen molar-refractivity contribution in [2.24, 2.45) is 0 Å². The number of aryl methyl sites for hydroxylation is 1. The average Bonchev–Trinajstić information content (AvgIpc) is 2.59. The van der Waals surface area contributed by atoms with Gasteiger partial charge in [-0.25, -0.2) is 0 Å². The zero-order valence-electron chi connectivity index (χ0n) is 13.8. The molecule has 24 heavy (non-hydrogen) atoms. The van der Waals surface area contributed by atoms with Crippen LogP contribution in [0.3, 0.4) is 0 Å². The van der Waals surface area contributed by atoms with E-state index in [1.54, 1.807) is 0 Å². The smallest absolute Gasteiger partial charge is 0.279 e. The maximum absolute atomic E-state index is 12.3. The summed E-state index contributed by atoms with van der Waals surface area (Å²) >= 11 is 3.50. The maximum Gasteiger partial charge on any atom is 0.279 e. The topological polar surface area (TPSA) is 33.5 Å². The van der Waals surface area contributed by atoms with Crippen molar-refractivity contribution < 1.29 is 9.69 Å². The molecule has 0 radical (unpaired) electrons. The minimum absolute atomic E-state index is 0.0612. The lowest BCUT2D eigenvalue weighted by molar-refractivity contribution is -0.886. The van der Waals surface area contributed by atoms with E-state index in [9.17, 15) is 4.79 Å². The van der Waals surface area contributed by atoms with E-state index in [0.717, 1.165) is 29.7 Å². The third-order valence-electron chi connectivity index (χ3n) is 4.34. The van der Waals surface area contributed by atoms with Crippen molar-refractivity contribution in [3.63, 3.8) is 0 Å². The first-order valence-electron chi connectivity index (χ1n) is 8.26. The molecule has 0 aromatic heterocycles. The molecule has 1 amide bonds. The molecule has 0 saturated heterocycles. The highest BCUT2D eigenvalue weighted by atomic mass is 79.9. The molecule has 1 aliphatic rings. The van der Waals surface area contributed by atoms with Crippen LogP contribution in [0.15, 0.2) is 59.1 Å². The summed E-state index contributed by atoms with van der Waals surface area (Å²) in [5, 5.41) is 3.00. The number of rotatable bonds is 4. The largest absolute Gasteiger partial charge is 0.324 e. The van der Waals surface area contributed by atoms with Gasteiger partial charge in [-0.2, -0.15) is 0 Å². The molecule has 1 aliphatic heterocycles. The van der Waals surface area contributed by atoms with E-state index in [0.29, 0.717) is 6.54 Å². The number of benzene rings is 2. The van der Waals surface area contributed by atoms with Crippen molar-refractivity contribution in [3.8, 4) is 0 Å². The third-order valence-corrected chi connectivity index (χ3v) is 4.99. The summed E-state index contributed by atoms with van der Waals surface area (Å²) in [6.45, 7) is 4.42. The van der Waals surface area contributed by atoms with Gasteiger partial charge in [0.1, 0.15) is 0 Å². The first-order valence-corrected chi connectivity index (χ1v) is 9.05. The number of hydrogen-bond acceptors (Lipinski definition) is 1. The Kier molecular flexibility index (Phi) is 5.48. The molecule has 0 fully saturated rings. The Bertz CT molecular complexity index is 755. The van der Waals surface area contributed by atoms with Crippen LogP contribution in [-0.2, 0) is 4.79 Å². The highest BCUT2D eigenvalue weighted by Crippen LogP contribution is 2.23. The van der Waals surface area contributed by atoms with Crippen LogP contribution >= 0.6 is 15.9 Å². The van der Waals surface area contributed by atoms with E-state index in [2.05, 4.69) is 51.6 Å². The monoisotopic (exact) mass is 385 g/mol. The van der Waals surface area contributed by atoms with Gasteiger partial charge < -0.3 is 10.2 Å². The molecule has 124 valence electrons. The van der Waals surface area contributed by atoms with Gasteiger partial charge in [0.15, 0.2) is 6.54 Å². The zero-order valence-corrected chi connectivity index (χ0v) is 15.4. The van der Waals surface area contributed by atoms with E-state index in [1.165, 1.54) is 21.6 Å². The highest BCUT2D eigenvalue weighted by Gasteiger charge is 2.19. The van der Waals surface area contributed by atoms with Gasteiger partial charge in [0.05, 0.1) is 18.8 Å². The summed E-state index contributed by atoms with van der Waals surface area (Å²) in [4.78, 5) is 13.6. The van der Waals surface area contributed by atoms with Crippen LogP contribution in [-0.4, -0.2) is 25.5 Å². The van der Waals surface area contributed by atoms with E-state index in [4.69, 9.17) is 0 Å². The predicted molar refractivity (Wildman–Crippen MR) is 102 cm³/mol. The quantitative estimate of drug-likeness (QED) is 0.832. The van der Waals surface area contributed by atoms with Gasteiger partial charge in [-0.1, -0.05) is 36.4 Å². The van der Waals surface area contributed by atoms with Gasteiger partial charge >= 0.3 is 0 Å². The Morgan fingerprint density at radius 3 is 2.67 bits per heavy atom. The molecule has 1 atom stereocenters. The number of nitrogens with one attached hydrogen (secondary N) is 2. The molecule has 1 unspecified atom stereocenters. The van der Waals surface area contributed by atoms with Crippen LogP contribution in [0.2, 0.25) is 0 Å². The normalized spacial score (nSPS) is 17.2. The minimum atomic E-state index is 0.0612. The lowest BCUT2D eigenvalue weighted by atomic mass is 10.00. The average molecular weight is 386 g/mol. The van der Waals surface area contributed by atoms with Gasteiger partial charge in [0, 0.05) is 10.9 Å². The fourth-order valence-corrected chi connectivity index (χ4v) is 3.59. The van der Waals surface area contributed by atoms with Crippen molar-refractivity contribution in [1.82, 2.24) is 0 Å². The van der Waals surface area contributed by atoms with Gasteiger partial charge in [0.2, 0.25) is 0 Å². The number of anilines is 1. The lowest BCUT2D eigenvalue weighted by Gasteiger charge is -2.23. The van der Waals surface area contributed by atoms with Gasteiger partial charge in [-0.3, -0.25) is 4.79 Å². The Balaban J connectivity index is 1.56. The van der Waals surface area contributed by atoms with Crippen LogP contribution in [0.25, 0.3) is 5.57 Å². The summed E-state index contributed by atoms with van der Waals surface area (Å²) in [7, 11) is 0. The SMILES string of the molecule is Cc1ccc(NC(=O)C[NH+]2CC=C(c3ccccc3)CC2)c(Br)c1. The molecule has 3 rings (SSSR count).